The summed E-state index contributed by atoms with van der Waals surface area (Å²) < 4.78 is 50.3. The van der Waals surface area contributed by atoms with Crippen molar-refractivity contribution in [3.63, 3.8) is 0 Å². The Morgan fingerprint density at radius 2 is 1.92 bits per heavy atom. The summed E-state index contributed by atoms with van der Waals surface area (Å²) in [6, 6.07) is 4.98. The first-order valence-corrected chi connectivity index (χ1v) is 8.23. The van der Waals surface area contributed by atoms with Crippen molar-refractivity contribution < 1.29 is 17.6 Å². The van der Waals surface area contributed by atoms with Crippen LogP contribution < -0.4 is 10.6 Å². The van der Waals surface area contributed by atoms with Gasteiger partial charge < -0.3 is 10.6 Å². The summed E-state index contributed by atoms with van der Waals surface area (Å²) >= 11 is 0. The van der Waals surface area contributed by atoms with Gasteiger partial charge in [0, 0.05) is 13.1 Å². The fourth-order valence-electron chi connectivity index (χ4n) is 2.19. The third kappa shape index (κ3) is 10.8. The van der Waals surface area contributed by atoms with Crippen LogP contribution in [0.4, 0.5) is 17.6 Å². The number of nitrogens with one attached hydrogen (secondary N) is 2. The van der Waals surface area contributed by atoms with E-state index in [9.17, 15) is 17.6 Å². The van der Waals surface area contributed by atoms with E-state index in [2.05, 4.69) is 15.6 Å². The predicted octanol–water partition coefficient (Wildman–Crippen LogP) is 3.69. The number of aliphatic imine (C=N–C) groups is 1. The number of rotatable bonds is 8. The molecule has 0 aromatic heterocycles. The molecule has 26 heavy (non-hydrogen) atoms. The standard InChI is InChI=1S/C17H26F4N4.HI/c1-4-22-16(23-8-5-9-25(3)12-17(19,20)21)24-11-14-7-6-13(2)15(18)10-14;/h6-7,10H,4-5,8-9,11-12H2,1-3H3,(H2,22,23,24);1H. The van der Waals surface area contributed by atoms with Gasteiger partial charge in [0.15, 0.2) is 5.96 Å². The van der Waals surface area contributed by atoms with Gasteiger partial charge in [0.05, 0.1) is 13.1 Å². The quantitative estimate of drug-likeness (QED) is 0.192. The second kappa shape index (κ2) is 12.3. The van der Waals surface area contributed by atoms with Crippen LogP contribution in [0.5, 0.6) is 0 Å². The molecule has 0 amide bonds. The molecule has 0 unspecified atom stereocenters. The number of aryl methyl sites for hydroxylation is 1. The molecular formula is C17H27F4IN4. The van der Waals surface area contributed by atoms with E-state index in [-0.39, 0.29) is 29.8 Å². The molecule has 0 aliphatic carbocycles. The molecule has 4 nitrogen and oxygen atoms in total. The van der Waals surface area contributed by atoms with E-state index in [0.29, 0.717) is 44.1 Å². The van der Waals surface area contributed by atoms with Gasteiger partial charge in [-0.2, -0.15) is 13.2 Å². The van der Waals surface area contributed by atoms with Crippen LogP contribution in [-0.4, -0.2) is 50.3 Å². The molecule has 0 spiro atoms. The number of benzene rings is 1. The molecule has 150 valence electrons. The van der Waals surface area contributed by atoms with Crippen molar-refractivity contribution in [3.05, 3.63) is 35.1 Å². The predicted molar refractivity (Wildman–Crippen MR) is 108 cm³/mol. The molecule has 2 N–H and O–H groups in total. The minimum absolute atomic E-state index is 0. The lowest BCUT2D eigenvalue weighted by molar-refractivity contribution is -0.143. The van der Waals surface area contributed by atoms with E-state index in [1.807, 2.05) is 13.0 Å². The van der Waals surface area contributed by atoms with Crippen molar-refractivity contribution in [1.29, 1.82) is 0 Å². The zero-order chi connectivity index (χ0) is 18.9. The lowest BCUT2D eigenvalue weighted by Gasteiger charge is -2.18. The van der Waals surface area contributed by atoms with Crippen LogP contribution in [0.25, 0.3) is 0 Å². The van der Waals surface area contributed by atoms with Crippen LogP contribution in [0.2, 0.25) is 0 Å². The molecule has 0 radical (unpaired) electrons. The van der Waals surface area contributed by atoms with Gasteiger partial charge in [0.25, 0.3) is 0 Å². The largest absolute Gasteiger partial charge is 0.401 e. The first kappa shape index (κ1) is 24.9. The monoisotopic (exact) mass is 490 g/mol. The van der Waals surface area contributed by atoms with Crippen LogP contribution >= 0.6 is 24.0 Å². The second-order valence-electron chi connectivity index (χ2n) is 5.91. The maximum Gasteiger partial charge on any atom is 0.401 e. The Kier molecular flexibility index (Phi) is 11.8. The van der Waals surface area contributed by atoms with Crippen molar-refractivity contribution in [2.45, 2.75) is 33.0 Å². The van der Waals surface area contributed by atoms with Crippen molar-refractivity contribution in [3.8, 4) is 0 Å². The number of alkyl halides is 3. The molecule has 0 fully saturated rings. The highest BCUT2D eigenvalue weighted by molar-refractivity contribution is 14.0. The van der Waals surface area contributed by atoms with Crippen LogP contribution in [0, 0.1) is 12.7 Å². The highest BCUT2D eigenvalue weighted by Crippen LogP contribution is 2.15. The Labute approximate surface area is 169 Å². The Hall–Kier alpha value is -1.10. The summed E-state index contributed by atoms with van der Waals surface area (Å²) in [5.41, 5.74) is 1.34. The molecule has 1 aromatic carbocycles. The molecule has 0 saturated heterocycles. The lowest BCUT2D eigenvalue weighted by Crippen LogP contribution is -2.39. The number of halogens is 5. The summed E-state index contributed by atoms with van der Waals surface area (Å²) in [7, 11) is 1.44. The Morgan fingerprint density at radius 3 is 2.50 bits per heavy atom. The third-order valence-corrected chi connectivity index (χ3v) is 3.46. The van der Waals surface area contributed by atoms with Gasteiger partial charge in [-0.3, -0.25) is 4.90 Å². The Balaban J connectivity index is 0.00000625. The summed E-state index contributed by atoms with van der Waals surface area (Å²) in [5.74, 6) is 0.292. The second-order valence-corrected chi connectivity index (χ2v) is 5.91. The molecule has 0 aliphatic heterocycles. The molecule has 1 aromatic rings. The zero-order valence-electron chi connectivity index (χ0n) is 15.3. The van der Waals surface area contributed by atoms with Crippen LogP contribution in [0.3, 0.4) is 0 Å². The van der Waals surface area contributed by atoms with Gasteiger partial charge in [-0.15, -0.1) is 24.0 Å². The van der Waals surface area contributed by atoms with E-state index in [1.165, 1.54) is 18.0 Å². The fraction of sp³-hybridized carbons (Fsp3) is 0.588. The van der Waals surface area contributed by atoms with E-state index in [0.717, 1.165) is 5.56 Å². The number of hydrogen-bond donors (Lipinski definition) is 2. The minimum atomic E-state index is -4.18. The highest BCUT2D eigenvalue weighted by Gasteiger charge is 2.28. The summed E-state index contributed by atoms with van der Waals surface area (Å²) in [4.78, 5) is 5.60. The van der Waals surface area contributed by atoms with E-state index >= 15 is 0 Å². The van der Waals surface area contributed by atoms with Gasteiger partial charge in [0.2, 0.25) is 0 Å². The molecule has 9 heteroatoms. The first-order chi connectivity index (χ1) is 11.7. The van der Waals surface area contributed by atoms with Gasteiger partial charge in [-0.25, -0.2) is 9.38 Å². The molecule has 0 atom stereocenters. The van der Waals surface area contributed by atoms with E-state index in [1.54, 1.807) is 13.0 Å². The van der Waals surface area contributed by atoms with Gasteiger partial charge >= 0.3 is 6.18 Å². The minimum Gasteiger partial charge on any atom is -0.357 e. The third-order valence-electron chi connectivity index (χ3n) is 3.46. The van der Waals surface area contributed by atoms with Crippen molar-refractivity contribution >= 4 is 29.9 Å². The van der Waals surface area contributed by atoms with E-state index < -0.39 is 12.7 Å². The topological polar surface area (TPSA) is 39.7 Å². The molecule has 0 aliphatic rings. The molecular weight excluding hydrogens is 463 g/mol. The van der Waals surface area contributed by atoms with E-state index in [4.69, 9.17) is 0 Å². The molecule has 0 saturated carbocycles. The summed E-state index contributed by atoms with van der Waals surface area (Å²) in [6.45, 7) is 4.50. The van der Waals surface area contributed by atoms with Crippen LogP contribution in [0.15, 0.2) is 23.2 Å². The highest BCUT2D eigenvalue weighted by atomic mass is 127. The maximum atomic E-state index is 13.5. The number of hydrogen-bond acceptors (Lipinski definition) is 2. The van der Waals surface area contributed by atoms with Crippen molar-refractivity contribution in [2.75, 3.05) is 33.2 Å². The Bertz CT molecular complexity index is 564. The average molecular weight is 490 g/mol. The average Bonchev–Trinajstić information content (AvgIpc) is 2.50. The normalized spacial score (nSPS) is 12.1. The summed E-state index contributed by atoms with van der Waals surface area (Å²) in [6.07, 6.45) is -3.63. The van der Waals surface area contributed by atoms with Crippen LogP contribution in [-0.2, 0) is 6.54 Å². The van der Waals surface area contributed by atoms with Crippen molar-refractivity contribution in [1.82, 2.24) is 15.5 Å². The summed E-state index contributed by atoms with van der Waals surface area (Å²) in [5, 5.41) is 6.13. The molecule has 0 heterocycles. The lowest BCUT2D eigenvalue weighted by atomic mass is 10.1. The molecule has 1 rings (SSSR count). The SMILES string of the molecule is CCNC(=NCc1ccc(C)c(F)c1)NCCCN(C)CC(F)(F)F.I. The smallest absolute Gasteiger partial charge is 0.357 e. The maximum absolute atomic E-state index is 13.5. The van der Waals surface area contributed by atoms with Crippen LogP contribution in [0.1, 0.15) is 24.5 Å². The Morgan fingerprint density at radius 1 is 1.23 bits per heavy atom. The van der Waals surface area contributed by atoms with Gasteiger partial charge in [0.1, 0.15) is 5.82 Å². The number of nitrogens with zero attached hydrogens (tertiary/aromatic N) is 2. The zero-order valence-corrected chi connectivity index (χ0v) is 17.6. The first-order valence-electron chi connectivity index (χ1n) is 8.23. The number of guanidine groups is 1. The van der Waals surface area contributed by atoms with Gasteiger partial charge in [-0.05, 0) is 51.1 Å². The van der Waals surface area contributed by atoms with Crippen molar-refractivity contribution in [2.24, 2.45) is 4.99 Å². The molecule has 0 bridgehead atoms. The fourth-order valence-corrected chi connectivity index (χ4v) is 2.19. The van der Waals surface area contributed by atoms with Gasteiger partial charge in [-0.1, -0.05) is 12.1 Å².